The van der Waals surface area contributed by atoms with Crippen LogP contribution in [-0.2, 0) is 6.54 Å². The van der Waals surface area contributed by atoms with Crippen LogP contribution in [-0.4, -0.2) is 62.5 Å². The average molecular weight is 364 g/mol. The molecule has 0 amide bonds. The van der Waals surface area contributed by atoms with Crippen molar-refractivity contribution in [1.29, 1.82) is 0 Å². The van der Waals surface area contributed by atoms with Crippen molar-refractivity contribution < 1.29 is 5.11 Å². The fourth-order valence-electron chi connectivity index (χ4n) is 3.37. The zero-order chi connectivity index (χ0) is 18.6. The van der Waals surface area contributed by atoms with Crippen molar-refractivity contribution in [3.05, 3.63) is 54.5 Å². The molecule has 0 aliphatic carbocycles. The molecule has 7 heteroatoms. The highest BCUT2D eigenvalue weighted by Crippen LogP contribution is 2.27. The lowest BCUT2D eigenvalue weighted by Crippen LogP contribution is -2.47. The molecule has 1 aliphatic heterocycles. The van der Waals surface area contributed by atoms with Crippen molar-refractivity contribution >= 4 is 5.82 Å². The Bertz CT molecular complexity index is 887. The van der Waals surface area contributed by atoms with Crippen molar-refractivity contribution in [2.75, 3.05) is 37.6 Å². The summed E-state index contributed by atoms with van der Waals surface area (Å²) in [4.78, 5) is 14.0. The minimum atomic E-state index is 0.206. The third kappa shape index (κ3) is 4.09. The van der Waals surface area contributed by atoms with E-state index in [1.54, 1.807) is 12.1 Å². The number of phenolic OH excluding ortho intramolecular Hbond substituents is 1. The lowest BCUT2D eigenvalue weighted by atomic mass is 10.2. The summed E-state index contributed by atoms with van der Waals surface area (Å²) in [6, 6.07) is 11.2. The maximum atomic E-state index is 10.1. The molecule has 3 heterocycles. The Morgan fingerprint density at radius 1 is 1.00 bits per heavy atom. The Morgan fingerprint density at radius 3 is 2.56 bits per heavy atom. The molecule has 0 radical (unpaired) electrons. The predicted molar refractivity (Wildman–Crippen MR) is 105 cm³/mol. The topological polar surface area (TPSA) is 70.3 Å². The molecule has 0 atom stereocenters. The van der Waals surface area contributed by atoms with Crippen molar-refractivity contribution in [3.63, 3.8) is 0 Å². The molecule has 0 unspecified atom stereocenters. The molecule has 1 saturated heterocycles. The van der Waals surface area contributed by atoms with Crippen LogP contribution in [0.5, 0.6) is 5.75 Å². The zero-order valence-electron chi connectivity index (χ0n) is 15.5. The van der Waals surface area contributed by atoms with Crippen LogP contribution < -0.4 is 4.90 Å². The molecule has 1 aromatic carbocycles. The molecular weight excluding hydrogens is 340 g/mol. The van der Waals surface area contributed by atoms with Crippen LogP contribution in [0, 0.1) is 6.92 Å². The summed E-state index contributed by atoms with van der Waals surface area (Å²) < 4.78 is 1.97. The Hall–Kier alpha value is -2.93. The van der Waals surface area contributed by atoms with Gasteiger partial charge in [-0.05, 0) is 25.1 Å². The van der Waals surface area contributed by atoms with Crippen molar-refractivity contribution in [2.45, 2.75) is 13.5 Å². The number of nitrogens with zero attached hydrogens (tertiary/aromatic N) is 6. The summed E-state index contributed by atoms with van der Waals surface area (Å²) in [5, 5.41) is 14.4. The van der Waals surface area contributed by atoms with Gasteiger partial charge in [-0.3, -0.25) is 9.58 Å². The summed E-state index contributed by atoms with van der Waals surface area (Å²) in [7, 11) is 0. The number of anilines is 1. The number of hydrogen-bond acceptors (Lipinski definition) is 6. The number of benzene rings is 1. The number of hydrogen-bond donors (Lipinski definition) is 1. The van der Waals surface area contributed by atoms with Gasteiger partial charge in [-0.2, -0.15) is 5.10 Å². The van der Waals surface area contributed by atoms with Gasteiger partial charge in [-0.1, -0.05) is 12.1 Å². The number of phenols is 1. The van der Waals surface area contributed by atoms with E-state index in [9.17, 15) is 5.11 Å². The van der Waals surface area contributed by atoms with Crippen LogP contribution in [0.25, 0.3) is 11.4 Å². The Labute approximate surface area is 158 Å². The molecule has 0 saturated carbocycles. The molecule has 2 aromatic heterocycles. The van der Waals surface area contributed by atoms with Crippen LogP contribution in [0.3, 0.4) is 0 Å². The van der Waals surface area contributed by atoms with E-state index >= 15 is 0 Å². The summed E-state index contributed by atoms with van der Waals surface area (Å²) in [6.45, 7) is 7.73. The van der Waals surface area contributed by atoms with Crippen LogP contribution in [0.4, 0.5) is 5.82 Å². The van der Waals surface area contributed by atoms with Crippen LogP contribution >= 0.6 is 0 Å². The predicted octanol–water partition coefficient (Wildman–Crippen LogP) is 2.18. The maximum absolute atomic E-state index is 10.1. The summed E-state index contributed by atoms with van der Waals surface area (Å²) >= 11 is 0. The van der Waals surface area contributed by atoms with Gasteiger partial charge in [0.25, 0.3) is 0 Å². The highest BCUT2D eigenvalue weighted by molar-refractivity contribution is 5.65. The number of aromatic hydroxyl groups is 1. The minimum absolute atomic E-state index is 0.206. The van der Waals surface area contributed by atoms with Gasteiger partial charge >= 0.3 is 0 Å². The molecule has 0 spiro atoms. The lowest BCUT2D eigenvalue weighted by molar-refractivity contribution is 0.244. The van der Waals surface area contributed by atoms with Gasteiger partial charge < -0.3 is 10.0 Å². The first-order valence-electron chi connectivity index (χ1n) is 9.28. The first kappa shape index (κ1) is 17.5. The van der Waals surface area contributed by atoms with Crippen molar-refractivity contribution in [1.82, 2.24) is 24.6 Å². The SMILES string of the molecule is Cc1cc(N2CCN(CCn3cccn3)CC2)nc(-c2ccccc2O)n1. The van der Waals surface area contributed by atoms with E-state index in [-0.39, 0.29) is 5.75 Å². The second-order valence-corrected chi connectivity index (χ2v) is 6.81. The van der Waals surface area contributed by atoms with Gasteiger partial charge in [0, 0.05) is 56.9 Å². The molecule has 0 bridgehead atoms. The van der Waals surface area contributed by atoms with E-state index in [4.69, 9.17) is 4.98 Å². The van der Waals surface area contributed by atoms with E-state index in [0.29, 0.717) is 11.4 Å². The molecule has 27 heavy (non-hydrogen) atoms. The van der Waals surface area contributed by atoms with E-state index in [0.717, 1.165) is 50.8 Å². The summed E-state index contributed by atoms with van der Waals surface area (Å²) in [5.74, 6) is 1.70. The van der Waals surface area contributed by atoms with Crippen molar-refractivity contribution in [3.8, 4) is 17.1 Å². The third-order valence-electron chi connectivity index (χ3n) is 4.89. The van der Waals surface area contributed by atoms with Gasteiger partial charge in [0.1, 0.15) is 11.6 Å². The number of aromatic nitrogens is 4. The van der Waals surface area contributed by atoms with Crippen LogP contribution in [0.2, 0.25) is 0 Å². The van der Waals surface area contributed by atoms with Crippen LogP contribution in [0.1, 0.15) is 5.69 Å². The van der Waals surface area contributed by atoms with Gasteiger partial charge in [-0.15, -0.1) is 0 Å². The second-order valence-electron chi connectivity index (χ2n) is 6.81. The molecular formula is C20H24N6O. The molecule has 4 rings (SSSR count). The van der Waals surface area contributed by atoms with Gasteiger partial charge in [0.05, 0.1) is 12.1 Å². The average Bonchev–Trinajstić information content (AvgIpc) is 3.20. The first-order chi connectivity index (χ1) is 13.2. The molecule has 140 valence electrons. The Morgan fingerprint density at radius 2 is 1.81 bits per heavy atom. The smallest absolute Gasteiger partial charge is 0.165 e. The Balaban J connectivity index is 1.43. The maximum Gasteiger partial charge on any atom is 0.165 e. The van der Waals surface area contributed by atoms with E-state index in [1.807, 2.05) is 48.3 Å². The Kier molecular flexibility index (Phi) is 5.02. The quantitative estimate of drug-likeness (QED) is 0.748. The largest absolute Gasteiger partial charge is 0.507 e. The number of aryl methyl sites for hydroxylation is 1. The molecule has 1 N–H and O–H groups in total. The highest BCUT2D eigenvalue weighted by atomic mass is 16.3. The monoisotopic (exact) mass is 364 g/mol. The number of rotatable bonds is 5. The molecule has 1 aliphatic rings. The fourth-order valence-corrected chi connectivity index (χ4v) is 3.37. The van der Waals surface area contributed by atoms with Gasteiger partial charge in [0.2, 0.25) is 0 Å². The van der Waals surface area contributed by atoms with Crippen molar-refractivity contribution in [2.24, 2.45) is 0 Å². The second kappa shape index (κ2) is 7.75. The third-order valence-corrected chi connectivity index (χ3v) is 4.89. The standard InChI is InChI=1S/C20H24N6O/c1-16-15-19(23-20(22-16)17-5-2-3-6-18(17)27)25-12-9-24(10-13-25)11-14-26-8-4-7-21-26/h2-8,15,27H,9-14H2,1H3. The summed E-state index contributed by atoms with van der Waals surface area (Å²) in [5.41, 5.74) is 1.57. The normalized spacial score (nSPS) is 15.2. The van der Waals surface area contributed by atoms with E-state index < -0.39 is 0 Å². The summed E-state index contributed by atoms with van der Waals surface area (Å²) in [6.07, 6.45) is 3.82. The fraction of sp³-hybridized carbons (Fsp3) is 0.350. The van der Waals surface area contributed by atoms with Gasteiger partial charge in [-0.25, -0.2) is 9.97 Å². The van der Waals surface area contributed by atoms with E-state index in [2.05, 4.69) is 19.9 Å². The highest BCUT2D eigenvalue weighted by Gasteiger charge is 2.19. The minimum Gasteiger partial charge on any atom is -0.507 e. The number of piperazine rings is 1. The zero-order valence-corrected chi connectivity index (χ0v) is 15.5. The molecule has 7 nitrogen and oxygen atoms in total. The van der Waals surface area contributed by atoms with Gasteiger partial charge in [0.15, 0.2) is 5.82 Å². The lowest BCUT2D eigenvalue weighted by Gasteiger charge is -2.35. The molecule has 1 fully saturated rings. The van der Waals surface area contributed by atoms with E-state index in [1.165, 1.54) is 0 Å². The van der Waals surface area contributed by atoms with Crippen LogP contribution in [0.15, 0.2) is 48.8 Å². The first-order valence-corrected chi connectivity index (χ1v) is 9.28. The molecule has 3 aromatic rings. The number of para-hydroxylation sites is 1.